The lowest BCUT2D eigenvalue weighted by atomic mass is 9.98. The summed E-state index contributed by atoms with van der Waals surface area (Å²) >= 11 is 5.58. The van der Waals surface area contributed by atoms with E-state index < -0.39 is 22.4 Å². The summed E-state index contributed by atoms with van der Waals surface area (Å²) in [5.41, 5.74) is 4.53. The summed E-state index contributed by atoms with van der Waals surface area (Å²) < 4.78 is 0. The summed E-state index contributed by atoms with van der Waals surface area (Å²) in [4.78, 5) is 20.9. The van der Waals surface area contributed by atoms with Gasteiger partial charge in [-0.25, -0.2) is 0 Å². The fourth-order valence-electron chi connectivity index (χ4n) is 1.21. The number of nitrogens with two attached hydrogens (primary N) is 1. The van der Waals surface area contributed by atoms with Crippen LogP contribution in [0.15, 0.2) is 18.2 Å². The van der Waals surface area contributed by atoms with E-state index in [0.29, 0.717) is 0 Å². The normalized spacial score (nSPS) is 11.5. The Morgan fingerprint density at radius 3 is 2.69 bits per heavy atom. The molecule has 82 valence electrons. The van der Waals surface area contributed by atoms with E-state index in [0.717, 1.165) is 6.07 Å². The van der Waals surface area contributed by atoms with Crippen LogP contribution in [-0.4, -0.2) is 10.8 Å². The molecule has 0 aliphatic rings. The maximum absolute atomic E-state index is 10.9. The summed E-state index contributed by atoms with van der Waals surface area (Å²) in [7, 11) is 0. The molecule has 0 aromatic heterocycles. The first-order valence-electron chi connectivity index (χ1n) is 4.10. The van der Waals surface area contributed by atoms with Gasteiger partial charge in [0, 0.05) is 11.1 Å². The van der Waals surface area contributed by atoms with Crippen molar-refractivity contribution >= 4 is 23.2 Å². The first kappa shape index (κ1) is 11.9. The van der Waals surface area contributed by atoms with Gasteiger partial charge in [-0.3, -0.25) is 14.9 Å². The van der Waals surface area contributed by atoms with Crippen LogP contribution < -0.4 is 5.73 Å². The molecule has 0 bridgehead atoms. The fraction of sp³-hybridized carbons (Fsp3) is 0.111. The molecule has 1 atom stereocenters. The van der Waals surface area contributed by atoms with Crippen LogP contribution >= 0.6 is 11.6 Å². The second-order valence-corrected chi connectivity index (χ2v) is 3.36. The van der Waals surface area contributed by atoms with Crippen LogP contribution in [0.2, 0.25) is 5.02 Å². The van der Waals surface area contributed by atoms with Gasteiger partial charge in [-0.1, -0.05) is 11.6 Å². The summed E-state index contributed by atoms with van der Waals surface area (Å²) in [5.74, 6) is -2.29. The number of hydrogen-bond acceptors (Lipinski definition) is 4. The highest BCUT2D eigenvalue weighted by atomic mass is 35.5. The molecule has 0 saturated heterocycles. The Bertz CT molecular complexity index is 495. The van der Waals surface area contributed by atoms with Crippen molar-refractivity contribution in [3.63, 3.8) is 0 Å². The van der Waals surface area contributed by atoms with Gasteiger partial charge in [0.1, 0.15) is 0 Å². The van der Waals surface area contributed by atoms with Crippen LogP contribution in [0.3, 0.4) is 0 Å². The van der Waals surface area contributed by atoms with Gasteiger partial charge >= 0.3 is 0 Å². The van der Waals surface area contributed by atoms with Gasteiger partial charge in [-0.05, 0) is 12.1 Å². The lowest BCUT2D eigenvalue weighted by Gasteiger charge is -2.05. The second kappa shape index (κ2) is 4.59. The van der Waals surface area contributed by atoms with Gasteiger partial charge < -0.3 is 5.73 Å². The van der Waals surface area contributed by atoms with E-state index in [-0.39, 0.29) is 10.6 Å². The van der Waals surface area contributed by atoms with E-state index in [1.54, 1.807) is 6.07 Å². The minimum atomic E-state index is -1.35. The van der Waals surface area contributed by atoms with Gasteiger partial charge in [0.25, 0.3) is 5.69 Å². The van der Waals surface area contributed by atoms with E-state index in [1.165, 1.54) is 12.1 Å². The minimum Gasteiger partial charge on any atom is -0.368 e. The van der Waals surface area contributed by atoms with Gasteiger partial charge in [0.05, 0.1) is 16.6 Å². The molecule has 1 aromatic rings. The van der Waals surface area contributed by atoms with Crippen molar-refractivity contribution in [2.75, 3.05) is 0 Å². The molecule has 16 heavy (non-hydrogen) atoms. The van der Waals surface area contributed by atoms with Gasteiger partial charge in [0.15, 0.2) is 5.92 Å². The van der Waals surface area contributed by atoms with Crippen LogP contribution in [0.25, 0.3) is 0 Å². The zero-order valence-corrected chi connectivity index (χ0v) is 8.64. The standard InChI is InChI=1S/C9H6ClN3O3/c10-5-1-2-6(7(4-11)9(12)14)8(3-5)13(15)16/h1-3,7H,(H2,12,14). The number of carbonyl (C=O) groups excluding carboxylic acids is 1. The Labute approximate surface area is 95.4 Å². The Kier molecular flexibility index (Phi) is 3.43. The number of primary amides is 1. The van der Waals surface area contributed by atoms with Crippen molar-refractivity contribution in [2.24, 2.45) is 5.73 Å². The van der Waals surface area contributed by atoms with Crippen molar-refractivity contribution in [1.82, 2.24) is 0 Å². The maximum Gasteiger partial charge on any atom is 0.275 e. The second-order valence-electron chi connectivity index (χ2n) is 2.92. The molecular weight excluding hydrogens is 234 g/mol. The van der Waals surface area contributed by atoms with E-state index >= 15 is 0 Å². The molecule has 6 nitrogen and oxygen atoms in total. The van der Waals surface area contributed by atoms with E-state index in [1.807, 2.05) is 0 Å². The zero-order valence-electron chi connectivity index (χ0n) is 7.88. The number of nitro groups is 1. The van der Waals surface area contributed by atoms with Crippen LogP contribution in [0.4, 0.5) is 5.69 Å². The van der Waals surface area contributed by atoms with E-state index in [4.69, 9.17) is 22.6 Å². The number of carbonyl (C=O) groups is 1. The van der Waals surface area contributed by atoms with Crippen LogP contribution in [0.5, 0.6) is 0 Å². The van der Waals surface area contributed by atoms with Crippen molar-refractivity contribution in [3.8, 4) is 6.07 Å². The molecule has 1 amide bonds. The number of nitro benzene ring substituents is 1. The third kappa shape index (κ3) is 2.27. The largest absolute Gasteiger partial charge is 0.368 e. The topological polar surface area (TPSA) is 110 Å². The highest BCUT2D eigenvalue weighted by Crippen LogP contribution is 2.29. The summed E-state index contributed by atoms with van der Waals surface area (Å²) in [5, 5.41) is 19.6. The number of amides is 1. The molecule has 1 rings (SSSR count). The smallest absolute Gasteiger partial charge is 0.275 e. The number of rotatable bonds is 3. The third-order valence-corrected chi connectivity index (χ3v) is 2.15. The monoisotopic (exact) mass is 239 g/mol. The van der Waals surface area contributed by atoms with Crippen LogP contribution in [0.1, 0.15) is 11.5 Å². The number of nitriles is 1. The average Bonchev–Trinajstić information content (AvgIpc) is 2.20. The first-order chi connectivity index (χ1) is 7.47. The van der Waals surface area contributed by atoms with Crippen molar-refractivity contribution in [2.45, 2.75) is 5.92 Å². The van der Waals surface area contributed by atoms with Crippen molar-refractivity contribution in [1.29, 1.82) is 5.26 Å². The summed E-state index contributed by atoms with van der Waals surface area (Å²) in [6.07, 6.45) is 0. The van der Waals surface area contributed by atoms with Crippen LogP contribution in [0, 0.1) is 21.4 Å². The molecule has 0 fully saturated rings. The lowest BCUT2D eigenvalue weighted by Crippen LogP contribution is -2.20. The number of nitrogens with zero attached hydrogens (tertiary/aromatic N) is 2. The molecule has 0 spiro atoms. The molecule has 1 unspecified atom stereocenters. The van der Waals surface area contributed by atoms with Gasteiger partial charge in [-0.15, -0.1) is 0 Å². The lowest BCUT2D eigenvalue weighted by molar-refractivity contribution is -0.385. The molecule has 7 heteroatoms. The number of hydrogen-bond donors (Lipinski definition) is 1. The predicted molar refractivity (Wildman–Crippen MR) is 55.7 cm³/mol. The van der Waals surface area contributed by atoms with Crippen molar-refractivity contribution in [3.05, 3.63) is 38.9 Å². The highest BCUT2D eigenvalue weighted by Gasteiger charge is 2.26. The minimum absolute atomic E-state index is 0.0515. The summed E-state index contributed by atoms with van der Waals surface area (Å²) in [6.45, 7) is 0. The molecule has 2 N–H and O–H groups in total. The molecule has 1 aromatic carbocycles. The third-order valence-electron chi connectivity index (χ3n) is 1.91. The molecule has 0 aliphatic heterocycles. The van der Waals surface area contributed by atoms with Crippen molar-refractivity contribution < 1.29 is 9.72 Å². The Morgan fingerprint density at radius 2 is 2.25 bits per heavy atom. The van der Waals surface area contributed by atoms with E-state index in [9.17, 15) is 14.9 Å². The van der Waals surface area contributed by atoms with E-state index in [2.05, 4.69) is 0 Å². The molecule has 0 heterocycles. The molecule has 0 saturated carbocycles. The molecular formula is C9H6ClN3O3. The maximum atomic E-state index is 10.9. The average molecular weight is 240 g/mol. The SMILES string of the molecule is N#CC(C(N)=O)c1ccc(Cl)cc1[N+](=O)[O-]. The fourth-order valence-corrected chi connectivity index (χ4v) is 1.37. The quantitative estimate of drug-likeness (QED) is 0.634. The molecule has 0 aliphatic carbocycles. The highest BCUT2D eigenvalue weighted by molar-refractivity contribution is 6.30. The number of benzene rings is 1. The Morgan fingerprint density at radius 1 is 1.62 bits per heavy atom. The first-order valence-corrected chi connectivity index (χ1v) is 4.48. The Balaban J connectivity index is 3.38. The van der Waals surface area contributed by atoms with Crippen LogP contribution in [-0.2, 0) is 4.79 Å². The number of halogens is 1. The zero-order chi connectivity index (χ0) is 12.3. The summed E-state index contributed by atoms with van der Waals surface area (Å²) in [6, 6.07) is 5.29. The predicted octanol–water partition coefficient (Wildman–Crippen LogP) is 1.34. The van der Waals surface area contributed by atoms with Gasteiger partial charge in [-0.2, -0.15) is 5.26 Å². The van der Waals surface area contributed by atoms with Gasteiger partial charge in [0.2, 0.25) is 5.91 Å². The molecule has 0 radical (unpaired) electrons. The Hall–Kier alpha value is -2.13.